The third-order valence-corrected chi connectivity index (χ3v) is 6.12. The summed E-state index contributed by atoms with van der Waals surface area (Å²) in [5.41, 5.74) is -4.54. The Bertz CT molecular complexity index is 1360. The van der Waals surface area contributed by atoms with Crippen LogP contribution in [0.15, 0.2) is 59.6 Å². The number of hydrogen-bond acceptors (Lipinski definition) is 4. The average Bonchev–Trinajstić information content (AvgIpc) is 2.71. The number of amides is 1. The van der Waals surface area contributed by atoms with Gasteiger partial charge in [0.2, 0.25) is 0 Å². The van der Waals surface area contributed by atoms with Crippen LogP contribution in [0.2, 0.25) is 10.0 Å². The quantitative estimate of drug-likeness (QED) is 0.345. The Morgan fingerprint density at radius 2 is 1.54 bits per heavy atom. The monoisotopic (exact) mass is 580 g/mol. The van der Waals surface area contributed by atoms with Gasteiger partial charge < -0.3 is 9.52 Å². The summed E-state index contributed by atoms with van der Waals surface area (Å²) >= 11 is 11.6. The van der Waals surface area contributed by atoms with Gasteiger partial charge in [0.05, 0.1) is 32.6 Å². The summed E-state index contributed by atoms with van der Waals surface area (Å²) in [6.45, 7) is 0. The Balaban J connectivity index is 0.00000432. The summed E-state index contributed by atoms with van der Waals surface area (Å²) in [6.07, 6.45) is -9.53. The molecular formula is C20H9Cl2F6KN2O3S. The predicted octanol–water partition coefficient (Wildman–Crippen LogP) is 4.00. The molecule has 3 aromatic rings. The van der Waals surface area contributed by atoms with E-state index in [1.54, 1.807) is 0 Å². The molecular weight excluding hydrogens is 572 g/mol. The van der Waals surface area contributed by atoms with Gasteiger partial charge in [-0.05, 0) is 42.5 Å². The number of halogens is 8. The van der Waals surface area contributed by atoms with Crippen molar-refractivity contribution in [1.82, 2.24) is 4.98 Å². The van der Waals surface area contributed by atoms with Crippen molar-refractivity contribution in [1.29, 1.82) is 0 Å². The summed E-state index contributed by atoms with van der Waals surface area (Å²) in [5.74, 6) is -1.23. The summed E-state index contributed by atoms with van der Waals surface area (Å²) in [4.78, 5) is 15.2. The molecule has 3 rings (SSSR count). The van der Waals surface area contributed by atoms with Gasteiger partial charge in [-0.15, -0.1) is 0 Å². The molecule has 0 atom stereocenters. The molecule has 0 aliphatic rings. The number of pyridine rings is 1. The molecule has 35 heavy (non-hydrogen) atoms. The van der Waals surface area contributed by atoms with Crippen molar-refractivity contribution in [2.45, 2.75) is 17.2 Å². The van der Waals surface area contributed by atoms with E-state index in [9.17, 15) is 39.6 Å². The molecule has 0 N–H and O–H groups in total. The second-order valence-corrected chi connectivity index (χ2v) is 9.08. The van der Waals surface area contributed by atoms with Crippen LogP contribution in [-0.2, 0) is 22.4 Å². The van der Waals surface area contributed by atoms with E-state index in [-0.39, 0.29) is 73.1 Å². The zero-order chi connectivity index (χ0) is 25.5. The maximum absolute atomic E-state index is 13.4. The van der Waals surface area contributed by atoms with Crippen LogP contribution < -0.4 is 51.4 Å². The number of hydrogen-bond donors (Lipinski definition) is 0. The van der Waals surface area contributed by atoms with Crippen LogP contribution in [0.4, 0.5) is 26.3 Å². The number of benzene rings is 2. The molecule has 2 aromatic carbocycles. The molecule has 0 unspecified atom stereocenters. The molecule has 1 heterocycles. The second-order valence-electron chi connectivity index (χ2n) is 6.63. The van der Waals surface area contributed by atoms with Gasteiger partial charge in [-0.2, -0.15) is 26.3 Å². The van der Waals surface area contributed by atoms with Crippen molar-refractivity contribution in [2.75, 3.05) is 0 Å². The summed E-state index contributed by atoms with van der Waals surface area (Å²) in [7, 11) is -4.65. The Morgan fingerprint density at radius 3 is 2.06 bits per heavy atom. The van der Waals surface area contributed by atoms with Gasteiger partial charge in [0.1, 0.15) is 10.0 Å². The fourth-order valence-corrected chi connectivity index (χ4v) is 4.08. The van der Waals surface area contributed by atoms with Gasteiger partial charge in [0, 0.05) is 22.3 Å². The van der Waals surface area contributed by atoms with E-state index in [0.717, 1.165) is 18.2 Å². The van der Waals surface area contributed by atoms with E-state index >= 15 is 0 Å². The molecule has 0 bridgehead atoms. The third-order valence-electron chi connectivity index (χ3n) is 4.33. The number of nitrogens with zero attached hydrogens (tertiary/aromatic N) is 2. The molecule has 180 valence electrons. The van der Waals surface area contributed by atoms with Gasteiger partial charge in [-0.3, -0.25) is 4.98 Å². The smallest absolute Gasteiger partial charge is 0.537 e. The van der Waals surface area contributed by atoms with Crippen LogP contribution >= 0.6 is 23.2 Å². The minimum Gasteiger partial charge on any atom is -0.537 e. The first-order valence-electron chi connectivity index (χ1n) is 8.82. The van der Waals surface area contributed by atoms with Crippen molar-refractivity contribution in [3.05, 3.63) is 86.2 Å². The minimum atomic E-state index is -5.15. The van der Waals surface area contributed by atoms with Gasteiger partial charge in [-0.1, -0.05) is 29.3 Å². The topological polar surface area (TPSA) is 78.2 Å². The van der Waals surface area contributed by atoms with E-state index in [1.165, 1.54) is 12.1 Å². The molecule has 0 radical (unpaired) electrons. The standard InChI is InChI=1S/C20H10Cl2F6N2O3S.K/c21-11-2-5-14(16(22)8-11)18(31)30-34(32,33)12-3-6-17(29-9-12)13-4-1-10(19(23,24)25)7-15(13)20(26,27)28;/h1-9H,(H,30,31);/q;+1/p-1. The zero-order valence-electron chi connectivity index (χ0n) is 17.2. The number of aromatic nitrogens is 1. The molecule has 0 fully saturated rings. The summed E-state index contributed by atoms with van der Waals surface area (Å²) in [5, 5.41) is 0.0256. The number of carbonyl (C=O) groups excluding carboxylic acids is 1. The first kappa shape index (κ1) is 30.0. The van der Waals surface area contributed by atoms with Crippen LogP contribution in [0, 0.1) is 0 Å². The van der Waals surface area contributed by atoms with Crippen LogP contribution in [0.25, 0.3) is 16.0 Å². The normalized spacial score (nSPS) is 12.1. The van der Waals surface area contributed by atoms with Gasteiger partial charge in [-0.25, -0.2) is 8.42 Å². The molecule has 5 nitrogen and oxygen atoms in total. The Morgan fingerprint density at radius 1 is 0.886 bits per heavy atom. The number of rotatable bonds is 4. The second kappa shape index (κ2) is 11.0. The van der Waals surface area contributed by atoms with Crippen LogP contribution in [-0.4, -0.2) is 19.3 Å². The van der Waals surface area contributed by atoms with Gasteiger partial charge in [0.15, 0.2) is 0 Å². The molecule has 0 aliphatic carbocycles. The first-order chi connectivity index (χ1) is 15.6. The van der Waals surface area contributed by atoms with E-state index in [0.29, 0.717) is 18.3 Å². The fraction of sp³-hybridized carbons (Fsp3) is 0.100. The Kier molecular flexibility index (Phi) is 9.48. The SMILES string of the molecule is O=C([N-]S(=O)(=O)c1ccc(-c2ccc(C(F)(F)F)cc2C(F)(F)F)nc1)c1ccc(Cl)cc1Cl.[K+]. The van der Waals surface area contributed by atoms with Gasteiger partial charge in [0.25, 0.3) is 0 Å². The number of carbonyl (C=O) groups is 1. The van der Waals surface area contributed by atoms with E-state index in [4.69, 9.17) is 23.2 Å². The molecule has 0 saturated heterocycles. The number of sulfonamides is 1. The Hall–Kier alpha value is -1.19. The third kappa shape index (κ3) is 7.19. The van der Waals surface area contributed by atoms with Crippen molar-refractivity contribution < 1.29 is 90.9 Å². The molecule has 1 aromatic heterocycles. The molecule has 15 heteroatoms. The van der Waals surface area contributed by atoms with Crippen molar-refractivity contribution >= 4 is 39.1 Å². The average molecular weight is 581 g/mol. The molecule has 0 spiro atoms. The molecule has 0 aliphatic heterocycles. The largest absolute Gasteiger partial charge is 1.00 e. The molecule has 0 saturated carbocycles. The van der Waals surface area contributed by atoms with Crippen LogP contribution in [0.5, 0.6) is 0 Å². The Labute approximate surface area is 247 Å². The summed E-state index contributed by atoms with van der Waals surface area (Å²) in [6, 6.07) is 6.25. The van der Waals surface area contributed by atoms with Crippen LogP contribution in [0.1, 0.15) is 21.5 Å². The first-order valence-corrected chi connectivity index (χ1v) is 11.0. The van der Waals surface area contributed by atoms with Gasteiger partial charge >= 0.3 is 63.7 Å². The predicted molar refractivity (Wildman–Crippen MR) is 111 cm³/mol. The number of alkyl halides is 6. The van der Waals surface area contributed by atoms with Crippen LogP contribution in [0.3, 0.4) is 0 Å². The van der Waals surface area contributed by atoms with E-state index in [1.807, 2.05) is 0 Å². The van der Waals surface area contributed by atoms with Crippen molar-refractivity contribution in [3.8, 4) is 11.3 Å². The van der Waals surface area contributed by atoms with Crippen molar-refractivity contribution in [3.63, 3.8) is 0 Å². The molecule has 1 amide bonds. The minimum absolute atomic E-state index is 0. The zero-order valence-corrected chi connectivity index (χ0v) is 22.7. The van der Waals surface area contributed by atoms with Crippen molar-refractivity contribution in [2.24, 2.45) is 0 Å². The summed E-state index contributed by atoms with van der Waals surface area (Å²) < 4.78 is 107. The maximum atomic E-state index is 13.4. The maximum Gasteiger partial charge on any atom is 1.00 e. The fourth-order valence-electron chi connectivity index (χ4n) is 2.74. The van der Waals surface area contributed by atoms with E-state index < -0.39 is 55.6 Å². The van der Waals surface area contributed by atoms with E-state index in [2.05, 4.69) is 9.71 Å².